The van der Waals surface area contributed by atoms with E-state index in [1.807, 2.05) is 0 Å². The van der Waals surface area contributed by atoms with Crippen LogP contribution in [0.5, 0.6) is 5.75 Å². The molecule has 1 heterocycles. The Morgan fingerprint density at radius 3 is 2.22 bits per heavy atom. The SMILES string of the molecule is O=c1[nH]c(C(F)(F)F)nc2cccc(OS(=O)(=O)C(F)(F)F)c12. The Bertz CT molecular complexity index is 916. The molecular weight excluding hydrogens is 358 g/mol. The molecular formula is C10H4F6N2O4S. The van der Waals surface area contributed by atoms with Crippen LogP contribution < -0.4 is 9.74 Å². The summed E-state index contributed by atoms with van der Waals surface area (Å²) in [5, 5.41) is -0.867. The molecule has 0 amide bonds. The number of benzene rings is 1. The summed E-state index contributed by atoms with van der Waals surface area (Å²) in [5.41, 5.74) is -7.97. The van der Waals surface area contributed by atoms with Crippen molar-refractivity contribution in [1.82, 2.24) is 9.97 Å². The number of H-pyrrole nitrogens is 1. The average Bonchev–Trinajstić information content (AvgIpc) is 2.35. The molecule has 1 aromatic carbocycles. The van der Waals surface area contributed by atoms with Crippen molar-refractivity contribution in [3.05, 3.63) is 34.4 Å². The smallest absolute Gasteiger partial charge is 0.375 e. The largest absolute Gasteiger partial charge is 0.534 e. The Hall–Kier alpha value is -2.31. The van der Waals surface area contributed by atoms with E-state index in [2.05, 4.69) is 9.17 Å². The van der Waals surface area contributed by atoms with Gasteiger partial charge in [-0.2, -0.15) is 34.8 Å². The zero-order valence-corrected chi connectivity index (χ0v) is 11.3. The molecule has 23 heavy (non-hydrogen) atoms. The fraction of sp³-hybridized carbons (Fsp3) is 0.200. The summed E-state index contributed by atoms with van der Waals surface area (Å²) in [5.74, 6) is -2.78. The van der Waals surface area contributed by atoms with Gasteiger partial charge in [0.2, 0.25) is 5.82 Å². The predicted molar refractivity (Wildman–Crippen MR) is 63.0 cm³/mol. The van der Waals surface area contributed by atoms with Gasteiger partial charge in [0, 0.05) is 0 Å². The van der Waals surface area contributed by atoms with E-state index in [9.17, 15) is 39.6 Å². The first-order valence-electron chi connectivity index (χ1n) is 5.44. The van der Waals surface area contributed by atoms with Gasteiger partial charge in [0.1, 0.15) is 5.39 Å². The molecule has 0 atom stereocenters. The van der Waals surface area contributed by atoms with E-state index in [-0.39, 0.29) is 0 Å². The highest BCUT2D eigenvalue weighted by Gasteiger charge is 2.49. The van der Waals surface area contributed by atoms with Crippen LogP contribution in [-0.2, 0) is 16.3 Å². The molecule has 1 aromatic heterocycles. The van der Waals surface area contributed by atoms with Gasteiger partial charge in [-0.05, 0) is 12.1 Å². The molecule has 0 saturated carbocycles. The van der Waals surface area contributed by atoms with Crippen LogP contribution in [0.15, 0.2) is 23.0 Å². The normalized spacial score (nSPS) is 13.3. The monoisotopic (exact) mass is 362 g/mol. The molecule has 0 spiro atoms. The van der Waals surface area contributed by atoms with Crippen molar-refractivity contribution in [2.45, 2.75) is 11.7 Å². The summed E-state index contributed by atoms with van der Waals surface area (Å²) < 4.78 is 100. The second-order valence-corrected chi connectivity index (χ2v) is 5.58. The van der Waals surface area contributed by atoms with E-state index in [0.29, 0.717) is 6.07 Å². The minimum atomic E-state index is -6.10. The first-order chi connectivity index (χ1) is 10.3. The van der Waals surface area contributed by atoms with E-state index >= 15 is 0 Å². The number of nitrogens with one attached hydrogen (secondary N) is 1. The van der Waals surface area contributed by atoms with Crippen molar-refractivity contribution in [1.29, 1.82) is 0 Å². The molecule has 13 heteroatoms. The fourth-order valence-corrected chi connectivity index (χ4v) is 2.00. The zero-order chi connectivity index (χ0) is 17.6. The minimum Gasteiger partial charge on any atom is -0.375 e. The van der Waals surface area contributed by atoms with Crippen LogP contribution >= 0.6 is 0 Å². The molecule has 0 aliphatic heterocycles. The molecule has 2 rings (SSSR count). The molecule has 6 nitrogen and oxygen atoms in total. The summed E-state index contributed by atoms with van der Waals surface area (Å²) >= 11 is 0. The Balaban J connectivity index is 2.68. The van der Waals surface area contributed by atoms with Gasteiger partial charge in [0.25, 0.3) is 5.56 Å². The van der Waals surface area contributed by atoms with Crippen LogP contribution in [-0.4, -0.2) is 23.9 Å². The van der Waals surface area contributed by atoms with Crippen molar-refractivity contribution in [3.8, 4) is 5.75 Å². The Morgan fingerprint density at radius 2 is 1.70 bits per heavy atom. The molecule has 0 saturated heterocycles. The van der Waals surface area contributed by atoms with E-state index in [4.69, 9.17) is 0 Å². The van der Waals surface area contributed by atoms with Gasteiger partial charge in [-0.25, -0.2) is 4.98 Å². The number of hydrogen-bond donors (Lipinski definition) is 1. The number of nitrogens with zero attached hydrogens (tertiary/aromatic N) is 1. The van der Waals surface area contributed by atoms with Crippen LogP contribution in [0.3, 0.4) is 0 Å². The molecule has 0 aliphatic carbocycles. The number of rotatable bonds is 2. The molecule has 1 N–H and O–H groups in total. The van der Waals surface area contributed by atoms with Gasteiger partial charge >= 0.3 is 21.8 Å². The first kappa shape index (κ1) is 17.1. The summed E-state index contributed by atoms with van der Waals surface area (Å²) in [6.45, 7) is 0. The third-order valence-electron chi connectivity index (χ3n) is 2.45. The maximum absolute atomic E-state index is 12.5. The molecule has 0 fully saturated rings. The lowest BCUT2D eigenvalue weighted by Crippen LogP contribution is -2.28. The molecule has 2 aromatic rings. The Labute approximate surface area is 122 Å². The Kier molecular flexibility index (Phi) is 3.79. The molecule has 0 unspecified atom stereocenters. The van der Waals surface area contributed by atoms with Crippen LogP contribution in [0, 0.1) is 0 Å². The maximum Gasteiger partial charge on any atom is 0.534 e. The van der Waals surface area contributed by atoms with Crippen LogP contribution in [0.1, 0.15) is 5.82 Å². The third kappa shape index (κ3) is 3.23. The second-order valence-electron chi connectivity index (χ2n) is 4.05. The highest BCUT2D eigenvalue weighted by Crippen LogP contribution is 2.31. The summed E-state index contributed by atoms with van der Waals surface area (Å²) in [6.07, 6.45) is -5.01. The highest BCUT2D eigenvalue weighted by molar-refractivity contribution is 7.88. The van der Waals surface area contributed by atoms with Gasteiger partial charge in [-0.15, -0.1) is 0 Å². The number of fused-ring (bicyclic) bond motifs is 1. The van der Waals surface area contributed by atoms with Crippen molar-refractivity contribution in [2.75, 3.05) is 0 Å². The minimum absolute atomic E-state index is 0.676. The van der Waals surface area contributed by atoms with E-state index < -0.39 is 49.8 Å². The van der Waals surface area contributed by atoms with Crippen LogP contribution in [0.4, 0.5) is 26.3 Å². The molecule has 0 aliphatic rings. The van der Waals surface area contributed by atoms with Gasteiger partial charge in [-0.3, -0.25) is 4.79 Å². The lowest BCUT2D eigenvalue weighted by atomic mass is 10.2. The highest BCUT2D eigenvalue weighted by atomic mass is 32.2. The summed E-state index contributed by atoms with van der Waals surface area (Å²) in [7, 11) is -6.10. The van der Waals surface area contributed by atoms with Crippen LogP contribution in [0.2, 0.25) is 0 Å². The van der Waals surface area contributed by atoms with E-state index in [0.717, 1.165) is 12.1 Å². The number of alkyl halides is 6. The third-order valence-corrected chi connectivity index (χ3v) is 3.41. The Morgan fingerprint density at radius 1 is 1.09 bits per heavy atom. The quantitative estimate of drug-likeness (QED) is 0.503. The fourth-order valence-electron chi connectivity index (χ4n) is 1.53. The molecule has 126 valence electrons. The van der Waals surface area contributed by atoms with Gasteiger partial charge in [0.15, 0.2) is 5.75 Å². The summed E-state index contributed by atoms with van der Waals surface area (Å²) in [6, 6.07) is 2.44. The lowest BCUT2D eigenvalue weighted by molar-refractivity contribution is -0.144. The van der Waals surface area contributed by atoms with Gasteiger partial charge in [-0.1, -0.05) is 6.07 Å². The molecule has 0 bridgehead atoms. The number of aromatic nitrogens is 2. The topological polar surface area (TPSA) is 89.1 Å². The van der Waals surface area contributed by atoms with Crippen LogP contribution in [0.25, 0.3) is 10.9 Å². The average molecular weight is 362 g/mol. The summed E-state index contributed by atoms with van der Waals surface area (Å²) in [4.78, 5) is 16.0. The van der Waals surface area contributed by atoms with Crippen molar-refractivity contribution in [2.24, 2.45) is 0 Å². The number of halogens is 6. The molecule has 0 radical (unpaired) electrons. The van der Waals surface area contributed by atoms with Gasteiger partial charge in [0.05, 0.1) is 5.52 Å². The van der Waals surface area contributed by atoms with Gasteiger partial charge < -0.3 is 9.17 Å². The van der Waals surface area contributed by atoms with Crippen molar-refractivity contribution >= 4 is 21.0 Å². The second kappa shape index (κ2) is 5.11. The zero-order valence-electron chi connectivity index (χ0n) is 10.5. The van der Waals surface area contributed by atoms with Crippen molar-refractivity contribution in [3.63, 3.8) is 0 Å². The van der Waals surface area contributed by atoms with Crippen molar-refractivity contribution < 1.29 is 38.9 Å². The maximum atomic E-state index is 12.5. The first-order valence-corrected chi connectivity index (χ1v) is 6.85. The number of hydrogen-bond acceptors (Lipinski definition) is 5. The lowest BCUT2D eigenvalue weighted by Gasteiger charge is -2.11. The predicted octanol–water partition coefficient (Wildman–Crippen LogP) is 2.17. The standard InChI is InChI=1S/C10H4F6N2O4S/c11-9(12,13)8-17-4-2-1-3-5(6(4)7(19)18-8)22-23(20,21)10(14,15)16/h1-3H,(H,17,18,19). The van der Waals surface area contributed by atoms with E-state index in [1.165, 1.54) is 4.98 Å². The number of aromatic amines is 1. The van der Waals surface area contributed by atoms with E-state index in [1.54, 1.807) is 0 Å².